The summed E-state index contributed by atoms with van der Waals surface area (Å²) < 4.78 is 10.8. The largest absolute Gasteiger partial charge is 0.493 e. The SMILES string of the molecule is C#CCOc1ccc(C=C2C(=O)N(c3ccc(C)cc3C)N=C2C)cc1OC. The van der Waals surface area contributed by atoms with Gasteiger partial charge in [0, 0.05) is 0 Å². The van der Waals surface area contributed by atoms with E-state index in [0.717, 1.165) is 22.4 Å². The fourth-order valence-corrected chi connectivity index (χ4v) is 3.07. The van der Waals surface area contributed by atoms with E-state index in [0.29, 0.717) is 22.8 Å². The third kappa shape index (κ3) is 3.77. The number of hydrazone groups is 1. The third-order valence-electron chi connectivity index (χ3n) is 4.45. The summed E-state index contributed by atoms with van der Waals surface area (Å²) in [6.45, 7) is 5.98. The van der Waals surface area contributed by atoms with Crippen molar-refractivity contribution in [2.24, 2.45) is 5.10 Å². The lowest BCUT2D eigenvalue weighted by Crippen LogP contribution is -2.22. The highest BCUT2D eigenvalue weighted by Crippen LogP contribution is 2.31. The van der Waals surface area contributed by atoms with Gasteiger partial charge in [-0.05, 0) is 56.2 Å². The Labute approximate surface area is 165 Å². The Hall–Kier alpha value is -3.52. The highest BCUT2D eigenvalue weighted by Gasteiger charge is 2.29. The van der Waals surface area contributed by atoms with Crippen LogP contribution in [0.5, 0.6) is 11.5 Å². The van der Waals surface area contributed by atoms with Gasteiger partial charge in [-0.2, -0.15) is 10.1 Å². The maximum atomic E-state index is 13.0. The molecule has 0 radical (unpaired) electrons. The van der Waals surface area contributed by atoms with Crippen molar-refractivity contribution in [3.8, 4) is 23.8 Å². The zero-order chi connectivity index (χ0) is 20.3. The Morgan fingerprint density at radius 3 is 2.61 bits per heavy atom. The van der Waals surface area contributed by atoms with Crippen molar-refractivity contribution in [3.63, 3.8) is 0 Å². The summed E-state index contributed by atoms with van der Waals surface area (Å²) in [6, 6.07) is 11.4. The summed E-state index contributed by atoms with van der Waals surface area (Å²) in [5, 5.41) is 5.92. The fraction of sp³-hybridized carbons (Fsp3) is 0.217. The second kappa shape index (κ2) is 8.01. The maximum Gasteiger partial charge on any atom is 0.280 e. The van der Waals surface area contributed by atoms with Crippen LogP contribution >= 0.6 is 0 Å². The third-order valence-corrected chi connectivity index (χ3v) is 4.45. The molecule has 142 valence electrons. The molecule has 0 saturated carbocycles. The molecule has 1 aliphatic heterocycles. The second-order valence-electron chi connectivity index (χ2n) is 6.55. The number of ether oxygens (including phenoxy) is 2. The molecule has 0 saturated heterocycles. The van der Waals surface area contributed by atoms with Crippen LogP contribution in [0.1, 0.15) is 23.6 Å². The van der Waals surface area contributed by atoms with E-state index in [2.05, 4.69) is 11.0 Å². The number of aryl methyl sites for hydroxylation is 2. The molecule has 0 spiro atoms. The summed E-state index contributed by atoms with van der Waals surface area (Å²) in [6.07, 6.45) is 7.04. The van der Waals surface area contributed by atoms with Crippen LogP contribution in [0.15, 0.2) is 47.1 Å². The van der Waals surface area contributed by atoms with Gasteiger partial charge >= 0.3 is 0 Å². The van der Waals surface area contributed by atoms with Crippen LogP contribution in [-0.2, 0) is 4.79 Å². The Morgan fingerprint density at radius 2 is 1.93 bits per heavy atom. The van der Waals surface area contributed by atoms with Gasteiger partial charge in [-0.25, -0.2) is 0 Å². The molecule has 28 heavy (non-hydrogen) atoms. The first-order chi connectivity index (χ1) is 13.4. The minimum Gasteiger partial charge on any atom is -0.493 e. The Kier molecular flexibility index (Phi) is 5.51. The normalized spacial score (nSPS) is 14.8. The number of benzene rings is 2. The van der Waals surface area contributed by atoms with Crippen molar-refractivity contribution in [1.82, 2.24) is 0 Å². The highest BCUT2D eigenvalue weighted by molar-refractivity contribution is 6.32. The molecule has 2 aromatic rings. The minimum atomic E-state index is -0.156. The van der Waals surface area contributed by atoms with E-state index in [9.17, 15) is 4.79 Å². The van der Waals surface area contributed by atoms with Crippen LogP contribution in [-0.4, -0.2) is 25.3 Å². The van der Waals surface area contributed by atoms with Gasteiger partial charge < -0.3 is 9.47 Å². The first-order valence-corrected chi connectivity index (χ1v) is 8.88. The number of anilines is 1. The average Bonchev–Trinajstić information content (AvgIpc) is 2.95. The lowest BCUT2D eigenvalue weighted by atomic mass is 10.1. The quantitative estimate of drug-likeness (QED) is 0.584. The van der Waals surface area contributed by atoms with E-state index < -0.39 is 0 Å². The number of terminal acetylenes is 1. The lowest BCUT2D eigenvalue weighted by molar-refractivity contribution is -0.114. The van der Waals surface area contributed by atoms with Crippen molar-refractivity contribution in [2.75, 3.05) is 18.7 Å². The van der Waals surface area contributed by atoms with Crippen molar-refractivity contribution in [3.05, 3.63) is 58.7 Å². The van der Waals surface area contributed by atoms with E-state index >= 15 is 0 Å². The molecule has 1 amide bonds. The van der Waals surface area contributed by atoms with Crippen LogP contribution in [0.3, 0.4) is 0 Å². The number of hydrogen-bond donors (Lipinski definition) is 0. The molecule has 2 aromatic carbocycles. The van der Waals surface area contributed by atoms with Crippen LogP contribution < -0.4 is 14.5 Å². The average molecular weight is 374 g/mol. The molecule has 0 N–H and O–H groups in total. The molecule has 0 fully saturated rings. The molecular formula is C23H22N2O3. The van der Waals surface area contributed by atoms with Crippen molar-refractivity contribution < 1.29 is 14.3 Å². The van der Waals surface area contributed by atoms with Gasteiger partial charge in [0.2, 0.25) is 0 Å². The number of carbonyl (C=O) groups excluding carboxylic acids is 1. The van der Waals surface area contributed by atoms with Crippen LogP contribution in [0.2, 0.25) is 0 Å². The molecule has 0 atom stereocenters. The zero-order valence-corrected chi connectivity index (χ0v) is 16.4. The smallest absolute Gasteiger partial charge is 0.280 e. The van der Waals surface area contributed by atoms with Gasteiger partial charge in [0.25, 0.3) is 5.91 Å². The Bertz CT molecular complexity index is 1030. The second-order valence-corrected chi connectivity index (χ2v) is 6.55. The van der Waals surface area contributed by atoms with Crippen LogP contribution in [0.25, 0.3) is 6.08 Å². The van der Waals surface area contributed by atoms with Gasteiger partial charge in [-0.1, -0.05) is 29.7 Å². The summed E-state index contributed by atoms with van der Waals surface area (Å²) in [4.78, 5) is 13.0. The van der Waals surface area contributed by atoms with Gasteiger partial charge in [0.05, 0.1) is 24.1 Å². The van der Waals surface area contributed by atoms with E-state index in [1.165, 1.54) is 5.01 Å². The van der Waals surface area contributed by atoms with E-state index in [4.69, 9.17) is 15.9 Å². The number of methoxy groups -OCH3 is 1. The Balaban J connectivity index is 1.92. The zero-order valence-electron chi connectivity index (χ0n) is 16.4. The predicted octanol–water partition coefficient (Wildman–Crippen LogP) is 4.13. The molecule has 0 aromatic heterocycles. The minimum absolute atomic E-state index is 0.156. The summed E-state index contributed by atoms with van der Waals surface area (Å²) in [7, 11) is 1.56. The topological polar surface area (TPSA) is 51.1 Å². The van der Waals surface area contributed by atoms with Crippen LogP contribution in [0.4, 0.5) is 5.69 Å². The summed E-state index contributed by atoms with van der Waals surface area (Å²) in [5.41, 5.74) is 4.95. The highest BCUT2D eigenvalue weighted by atomic mass is 16.5. The molecule has 1 heterocycles. The molecule has 0 bridgehead atoms. The summed E-state index contributed by atoms with van der Waals surface area (Å²) >= 11 is 0. The van der Waals surface area contributed by atoms with Gasteiger partial charge in [0.1, 0.15) is 6.61 Å². The number of hydrogen-bond acceptors (Lipinski definition) is 4. The van der Waals surface area contributed by atoms with E-state index in [1.54, 1.807) is 25.3 Å². The first-order valence-electron chi connectivity index (χ1n) is 8.88. The molecule has 0 aliphatic carbocycles. The van der Waals surface area contributed by atoms with Gasteiger partial charge in [-0.3, -0.25) is 4.79 Å². The number of carbonyl (C=O) groups is 1. The van der Waals surface area contributed by atoms with Crippen molar-refractivity contribution in [1.29, 1.82) is 0 Å². The first kappa shape index (κ1) is 19.2. The van der Waals surface area contributed by atoms with E-state index in [1.807, 2.05) is 45.0 Å². The standard InChI is InChI=1S/C23H22N2O3/c1-6-11-28-21-10-8-18(14-22(21)27-5)13-19-17(4)24-25(23(19)26)20-9-7-15(2)12-16(20)3/h1,7-10,12-14H,11H2,2-5H3. The van der Waals surface area contributed by atoms with Gasteiger partial charge in [0.15, 0.2) is 11.5 Å². The fourth-order valence-electron chi connectivity index (χ4n) is 3.07. The monoisotopic (exact) mass is 374 g/mol. The molecule has 3 rings (SSSR count). The lowest BCUT2D eigenvalue weighted by Gasteiger charge is -2.15. The molecule has 0 unspecified atom stereocenters. The number of rotatable bonds is 5. The molecule has 5 nitrogen and oxygen atoms in total. The molecule has 1 aliphatic rings. The molecular weight excluding hydrogens is 352 g/mol. The van der Waals surface area contributed by atoms with Crippen LogP contribution in [0, 0.1) is 26.2 Å². The van der Waals surface area contributed by atoms with E-state index in [-0.39, 0.29) is 12.5 Å². The van der Waals surface area contributed by atoms with Gasteiger partial charge in [-0.15, -0.1) is 6.42 Å². The number of amides is 1. The van der Waals surface area contributed by atoms with Crippen molar-refractivity contribution >= 4 is 23.4 Å². The number of nitrogens with zero attached hydrogens (tertiary/aromatic N) is 2. The molecule has 5 heteroatoms. The maximum absolute atomic E-state index is 13.0. The van der Waals surface area contributed by atoms with Crippen molar-refractivity contribution in [2.45, 2.75) is 20.8 Å². The Morgan fingerprint density at radius 1 is 1.14 bits per heavy atom. The predicted molar refractivity (Wildman–Crippen MR) is 112 cm³/mol. The summed E-state index contributed by atoms with van der Waals surface area (Å²) in [5.74, 6) is 3.38.